The van der Waals surface area contributed by atoms with Gasteiger partial charge in [0, 0.05) is 60.9 Å². The monoisotopic (exact) mass is 513 g/mol. The minimum atomic E-state index is -0.286. The van der Waals surface area contributed by atoms with Gasteiger partial charge >= 0.3 is 0 Å². The lowest BCUT2D eigenvalue weighted by atomic mass is 10.1. The lowest BCUT2D eigenvalue weighted by Gasteiger charge is -2.36. The molecule has 0 aromatic heterocycles. The third-order valence-corrected chi connectivity index (χ3v) is 6.21. The molecule has 0 atom stereocenters. The average molecular weight is 514 g/mol. The highest BCUT2D eigenvalue weighted by atomic mass is 16.2. The standard InChI is InChI=1S/C27H31N9O2/c28-26(29)32-17-18-1-7-21(8-2-18)33-24(37)19-3-5-20(6-4-19)25(38)34-22-9-11-23(12-10-22)35-13-15-36(16-14-35)27(30)31/h1-12H,13-17H2,(H3,30,31)(H,33,37)(H,34,38)(H4,28,29,32). The summed E-state index contributed by atoms with van der Waals surface area (Å²) < 4.78 is 0. The molecule has 196 valence electrons. The summed E-state index contributed by atoms with van der Waals surface area (Å²) in [5.74, 6) is -0.558. The minimum absolute atomic E-state index is 0.0993. The van der Waals surface area contributed by atoms with Gasteiger partial charge in [0.15, 0.2) is 11.9 Å². The van der Waals surface area contributed by atoms with Crippen molar-refractivity contribution in [3.05, 3.63) is 89.5 Å². The number of anilines is 3. The summed E-state index contributed by atoms with van der Waals surface area (Å²) in [7, 11) is 0. The van der Waals surface area contributed by atoms with E-state index in [1.807, 2.05) is 41.3 Å². The van der Waals surface area contributed by atoms with Crippen molar-refractivity contribution in [3.8, 4) is 0 Å². The van der Waals surface area contributed by atoms with Crippen LogP contribution >= 0.6 is 0 Å². The zero-order valence-corrected chi connectivity index (χ0v) is 20.8. The highest BCUT2D eigenvalue weighted by molar-refractivity contribution is 6.07. The number of nitrogens with zero attached hydrogens (tertiary/aromatic N) is 2. The Hall–Kier alpha value is -5.06. The SMILES string of the molecule is N=C(N)NCc1ccc(NC(=O)c2ccc(C(=O)Nc3ccc(N4CCN(C(=N)N)CC4)cc3)cc2)cc1. The Bertz CT molecular complexity index is 1300. The van der Waals surface area contributed by atoms with Gasteiger partial charge in [0.05, 0.1) is 0 Å². The summed E-state index contributed by atoms with van der Waals surface area (Å²) in [5, 5.41) is 23.2. The fraction of sp³-hybridized carbons (Fsp3) is 0.185. The van der Waals surface area contributed by atoms with Crippen LogP contribution in [0.15, 0.2) is 72.8 Å². The molecule has 2 amide bonds. The molecule has 0 radical (unpaired) electrons. The number of amides is 2. The lowest BCUT2D eigenvalue weighted by molar-refractivity contribution is 0.101. The molecule has 9 N–H and O–H groups in total. The lowest BCUT2D eigenvalue weighted by Crippen LogP contribution is -2.50. The fourth-order valence-corrected chi connectivity index (χ4v) is 4.04. The van der Waals surface area contributed by atoms with Crippen LogP contribution in [0, 0.1) is 10.8 Å². The van der Waals surface area contributed by atoms with Crippen molar-refractivity contribution >= 4 is 40.8 Å². The molecule has 0 spiro atoms. The van der Waals surface area contributed by atoms with Gasteiger partial charge in [-0.05, 0) is 66.2 Å². The van der Waals surface area contributed by atoms with Crippen LogP contribution in [0.2, 0.25) is 0 Å². The van der Waals surface area contributed by atoms with Gasteiger partial charge in [0.1, 0.15) is 0 Å². The van der Waals surface area contributed by atoms with Gasteiger partial charge in [-0.3, -0.25) is 20.4 Å². The Morgan fingerprint density at radius 2 is 1.18 bits per heavy atom. The number of guanidine groups is 2. The van der Waals surface area contributed by atoms with E-state index in [4.69, 9.17) is 22.3 Å². The zero-order chi connectivity index (χ0) is 27.1. The van der Waals surface area contributed by atoms with Crippen molar-refractivity contribution in [2.75, 3.05) is 41.7 Å². The first-order valence-electron chi connectivity index (χ1n) is 12.1. The molecule has 3 aromatic rings. The van der Waals surface area contributed by atoms with E-state index in [1.54, 1.807) is 36.4 Å². The third-order valence-electron chi connectivity index (χ3n) is 6.21. The van der Waals surface area contributed by atoms with Gasteiger partial charge in [0.2, 0.25) is 0 Å². The quantitative estimate of drug-likeness (QED) is 0.187. The maximum absolute atomic E-state index is 12.7. The van der Waals surface area contributed by atoms with E-state index in [1.165, 1.54) is 0 Å². The van der Waals surface area contributed by atoms with E-state index in [0.29, 0.717) is 42.1 Å². The minimum Gasteiger partial charge on any atom is -0.370 e. The molecule has 38 heavy (non-hydrogen) atoms. The molecule has 1 heterocycles. The molecule has 0 saturated carbocycles. The van der Waals surface area contributed by atoms with Crippen LogP contribution in [0.25, 0.3) is 0 Å². The van der Waals surface area contributed by atoms with Gasteiger partial charge in [-0.2, -0.15) is 0 Å². The highest BCUT2D eigenvalue weighted by Gasteiger charge is 2.18. The second-order valence-corrected chi connectivity index (χ2v) is 8.86. The van der Waals surface area contributed by atoms with E-state index < -0.39 is 0 Å². The molecule has 3 aromatic carbocycles. The number of hydrogen-bond acceptors (Lipinski definition) is 5. The summed E-state index contributed by atoms with van der Waals surface area (Å²) in [4.78, 5) is 29.4. The average Bonchev–Trinajstić information content (AvgIpc) is 2.93. The van der Waals surface area contributed by atoms with Crippen molar-refractivity contribution in [2.24, 2.45) is 11.5 Å². The number of piperazine rings is 1. The van der Waals surface area contributed by atoms with Gasteiger partial charge in [-0.15, -0.1) is 0 Å². The topological polar surface area (TPSA) is 176 Å². The molecule has 0 unspecified atom stereocenters. The molecule has 1 saturated heterocycles. The number of carbonyl (C=O) groups is 2. The summed E-state index contributed by atoms with van der Waals surface area (Å²) in [6, 6.07) is 21.3. The molecular weight excluding hydrogens is 482 g/mol. The highest BCUT2D eigenvalue weighted by Crippen LogP contribution is 2.20. The Labute approximate surface area is 220 Å². The zero-order valence-electron chi connectivity index (χ0n) is 20.8. The van der Waals surface area contributed by atoms with E-state index in [9.17, 15) is 9.59 Å². The molecular formula is C27H31N9O2. The third kappa shape index (κ3) is 6.78. The number of nitrogens with one attached hydrogen (secondary N) is 5. The largest absolute Gasteiger partial charge is 0.370 e. The van der Waals surface area contributed by atoms with Gasteiger partial charge in [-0.25, -0.2) is 0 Å². The normalized spacial score (nSPS) is 12.9. The Kier molecular flexibility index (Phi) is 8.07. The first-order chi connectivity index (χ1) is 18.3. The fourth-order valence-electron chi connectivity index (χ4n) is 4.04. The van der Waals surface area contributed by atoms with Crippen LogP contribution in [0.4, 0.5) is 17.1 Å². The van der Waals surface area contributed by atoms with Crippen LogP contribution in [0.5, 0.6) is 0 Å². The van der Waals surface area contributed by atoms with Crippen LogP contribution in [-0.2, 0) is 6.54 Å². The maximum Gasteiger partial charge on any atom is 0.255 e. The van der Waals surface area contributed by atoms with Crippen molar-refractivity contribution < 1.29 is 9.59 Å². The van der Waals surface area contributed by atoms with Crippen molar-refractivity contribution in [1.29, 1.82) is 10.8 Å². The summed E-state index contributed by atoms with van der Waals surface area (Å²) in [6.07, 6.45) is 0. The van der Waals surface area contributed by atoms with Crippen LogP contribution in [-0.4, -0.2) is 54.8 Å². The smallest absolute Gasteiger partial charge is 0.255 e. The number of benzene rings is 3. The van der Waals surface area contributed by atoms with Crippen molar-refractivity contribution in [1.82, 2.24) is 10.2 Å². The van der Waals surface area contributed by atoms with Crippen LogP contribution in [0.1, 0.15) is 26.3 Å². The van der Waals surface area contributed by atoms with Gasteiger partial charge in [-0.1, -0.05) is 12.1 Å². The second kappa shape index (κ2) is 11.8. The first kappa shape index (κ1) is 26.0. The predicted octanol–water partition coefficient (Wildman–Crippen LogP) is 2.19. The van der Waals surface area contributed by atoms with Gasteiger partial charge < -0.3 is 37.2 Å². The molecule has 0 bridgehead atoms. The summed E-state index contributed by atoms with van der Waals surface area (Å²) in [6.45, 7) is 3.38. The van der Waals surface area contributed by atoms with Gasteiger partial charge in [0.25, 0.3) is 11.8 Å². The molecule has 1 aliphatic heterocycles. The number of nitrogens with two attached hydrogens (primary N) is 2. The van der Waals surface area contributed by atoms with E-state index in [-0.39, 0.29) is 23.7 Å². The molecule has 0 aliphatic carbocycles. The number of carbonyl (C=O) groups excluding carboxylic acids is 2. The Morgan fingerprint density at radius 1 is 0.711 bits per heavy atom. The van der Waals surface area contributed by atoms with E-state index in [2.05, 4.69) is 20.9 Å². The molecule has 4 rings (SSSR count). The Morgan fingerprint density at radius 3 is 1.63 bits per heavy atom. The maximum atomic E-state index is 12.7. The number of hydrogen-bond donors (Lipinski definition) is 7. The first-order valence-corrected chi connectivity index (χ1v) is 12.1. The summed E-state index contributed by atoms with van der Waals surface area (Å²) in [5.41, 5.74) is 15.0. The second-order valence-electron chi connectivity index (χ2n) is 8.86. The Balaban J connectivity index is 1.29. The van der Waals surface area contributed by atoms with E-state index >= 15 is 0 Å². The van der Waals surface area contributed by atoms with E-state index in [0.717, 1.165) is 24.3 Å². The summed E-state index contributed by atoms with van der Waals surface area (Å²) >= 11 is 0. The molecule has 11 nitrogen and oxygen atoms in total. The van der Waals surface area contributed by atoms with Crippen molar-refractivity contribution in [2.45, 2.75) is 6.54 Å². The van der Waals surface area contributed by atoms with Crippen molar-refractivity contribution in [3.63, 3.8) is 0 Å². The predicted molar refractivity (Wildman–Crippen MR) is 150 cm³/mol. The van der Waals surface area contributed by atoms with Crippen LogP contribution < -0.4 is 32.3 Å². The molecule has 1 fully saturated rings. The van der Waals surface area contributed by atoms with Crippen LogP contribution in [0.3, 0.4) is 0 Å². The molecule has 11 heteroatoms. The molecule has 1 aliphatic rings. The number of rotatable bonds is 7.